The molecule has 0 radical (unpaired) electrons. The molecule has 78 valence electrons. The Kier molecular flexibility index (Phi) is 2.02. The van der Waals surface area contributed by atoms with E-state index in [1.807, 2.05) is 6.07 Å². The highest BCUT2D eigenvalue weighted by Crippen LogP contribution is 2.61. The lowest BCUT2D eigenvalue weighted by molar-refractivity contribution is 0.0895. The first-order valence-corrected chi connectivity index (χ1v) is 4.65. The van der Waals surface area contributed by atoms with Crippen LogP contribution in [0.5, 0.6) is 0 Å². The number of hydrogen-bond acceptors (Lipinski definition) is 2. The Morgan fingerprint density at radius 3 is 2.47 bits per heavy atom. The third-order valence-electron chi connectivity index (χ3n) is 3.01. The van der Waals surface area contributed by atoms with Crippen molar-refractivity contribution in [2.75, 3.05) is 6.54 Å². The summed E-state index contributed by atoms with van der Waals surface area (Å²) < 4.78 is 26.5. The van der Waals surface area contributed by atoms with E-state index in [-0.39, 0.29) is 13.0 Å². The standard InChI is InChI=1S/C11H10F2N2/c12-11(13)6-10(11,7-15)9-4-2-1-3-8(9)5-14/h1-4H,6-7,15H2. The van der Waals surface area contributed by atoms with Gasteiger partial charge >= 0.3 is 0 Å². The Bertz CT molecular complexity index is 436. The van der Waals surface area contributed by atoms with Gasteiger partial charge in [-0.2, -0.15) is 5.26 Å². The lowest BCUT2D eigenvalue weighted by Crippen LogP contribution is -2.27. The fraction of sp³-hybridized carbons (Fsp3) is 0.364. The molecule has 0 spiro atoms. The van der Waals surface area contributed by atoms with Crippen LogP contribution in [0.25, 0.3) is 0 Å². The molecule has 2 rings (SSSR count). The average molecular weight is 208 g/mol. The Labute approximate surface area is 86.3 Å². The summed E-state index contributed by atoms with van der Waals surface area (Å²) in [5.41, 5.74) is 4.77. The van der Waals surface area contributed by atoms with Crippen LogP contribution in [0.1, 0.15) is 17.5 Å². The van der Waals surface area contributed by atoms with Crippen LogP contribution in [-0.2, 0) is 5.41 Å². The molecule has 0 bridgehead atoms. The van der Waals surface area contributed by atoms with Crippen molar-refractivity contribution in [1.29, 1.82) is 5.26 Å². The van der Waals surface area contributed by atoms with Crippen LogP contribution in [0, 0.1) is 11.3 Å². The van der Waals surface area contributed by atoms with E-state index in [1.165, 1.54) is 0 Å². The fourth-order valence-electron chi connectivity index (χ4n) is 1.96. The molecule has 0 aliphatic heterocycles. The molecule has 0 aromatic heterocycles. The lowest BCUT2D eigenvalue weighted by atomic mass is 9.91. The van der Waals surface area contributed by atoms with Crippen LogP contribution in [0.2, 0.25) is 0 Å². The van der Waals surface area contributed by atoms with Gasteiger partial charge in [0.2, 0.25) is 0 Å². The molecular formula is C11H10F2N2. The molecule has 1 unspecified atom stereocenters. The molecular weight excluding hydrogens is 198 g/mol. The van der Waals surface area contributed by atoms with Gasteiger partial charge in [-0.25, -0.2) is 8.78 Å². The summed E-state index contributed by atoms with van der Waals surface area (Å²) in [5.74, 6) is -2.77. The minimum Gasteiger partial charge on any atom is -0.329 e. The van der Waals surface area contributed by atoms with Crippen LogP contribution < -0.4 is 5.73 Å². The van der Waals surface area contributed by atoms with E-state index < -0.39 is 11.3 Å². The van der Waals surface area contributed by atoms with Gasteiger partial charge in [-0.15, -0.1) is 0 Å². The molecule has 0 amide bonds. The second-order valence-electron chi connectivity index (χ2n) is 3.82. The van der Waals surface area contributed by atoms with E-state index in [0.29, 0.717) is 11.1 Å². The quantitative estimate of drug-likeness (QED) is 0.805. The van der Waals surface area contributed by atoms with Crippen molar-refractivity contribution >= 4 is 0 Å². The zero-order chi connectivity index (χ0) is 11.1. The molecule has 1 saturated carbocycles. The number of nitriles is 1. The summed E-state index contributed by atoms with van der Waals surface area (Å²) >= 11 is 0. The van der Waals surface area contributed by atoms with Crippen molar-refractivity contribution in [3.63, 3.8) is 0 Å². The van der Waals surface area contributed by atoms with Gasteiger partial charge in [-0.3, -0.25) is 0 Å². The lowest BCUT2D eigenvalue weighted by Gasteiger charge is -2.15. The Morgan fingerprint density at radius 2 is 2.00 bits per heavy atom. The molecule has 1 aliphatic rings. The zero-order valence-corrected chi connectivity index (χ0v) is 8.00. The number of halogens is 2. The van der Waals surface area contributed by atoms with Gasteiger partial charge in [0.15, 0.2) is 0 Å². The molecule has 1 atom stereocenters. The highest BCUT2D eigenvalue weighted by molar-refractivity contribution is 5.48. The first-order chi connectivity index (χ1) is 7.07. The zero-order valence-electron chi connectivity index (χ0n) is 8.00. The summed E-state index contributed by atoms with van der Waals surface area (Å²) in [6.45, 7) is -0.126. The van der Waals surface area contributed by atoms with Crippen molar-refractivity contribution < 1.29 is 8.78 Å². The van der Waals surface area contributed by atoms with Gasteiger partial charge in [0.25, 0.3) is 5.92 Å². The van der Waals surface area contributed by atoms with Crippen LogP contribution in [0.15, 0.2) is 24.3 Å². The minimum atomic E-state index is -2.77. The Balaban J connectivity index is 2.52. The van der Waals surface area contributed by atoms with E-state index in [9.17, 15) is 8.78 Å². The van der Waals surface area contributed by atoms with Gasteiger partial charge in [0.05, 0.1) is 17.0 Å². The monoisotopic (exact) mass is 208 g/mol. The Morgan fingerprint density at radius 1 is 1.40 bits per heavy atom. The van der Waals surface area contributed by atoms with E-state index in [4.69, 9.17) is 11.0 Å². The maximum atomic E-state index is 13.3. The molecule has 2 nitrogen and oxygen atoms in total. The first kappa shape index (κ1) is 10.1. The second-order valence-corrected chi connectivity index (χ2v) is 3.82. The van der Waals surface area contributed by atoms with Gasteiger partial charge in [-0.05, 0) is 11.6 Å². The molecule has 4 heteroatoms. The molecule has 1 fully saturated rings. The minimum absolute atomic E-state index is 0.126. The predicted octanol–water partition coefficient (Wildman–Crippen LogP) is 1.79. The smallest absolute Gasteiger partial charge is 0.260 e. The van der Waals surface area contributed by atoms with Gasteiger partial charge in [-0.1, -0.05) is 18.2 Å². The van der Waals surface area contributed by atoms with Crippen LogP contribution in [0.4, 0.5) is 8.78 Å². The van der Waals surface area contributed by atoms with Crippen LogP contribution in [0.3, 0.4) is 0 Å². The molecule has 0 heterocycles. The number of rotatable bonds is 2. The molecule has 15 heavy (non-hydrogen) atoms. The predicted molar refractivity (Wildman–Crippen MR) is 51.5 cm³/mol. The highest BCUT2D eigenvalue weighted by Gasteiger charge is 2.71. The molecule has 1 aliphatic carbocycles. The molecule has 0 saturated heterocycles. The van der Waals surface area contributed by atoms with E-state index in [2.05, 4.69) is 0 Å². The SMILES string of the molecule is N#Cc1ccccc1C1(CN)CC1(F)F. The molecule has 2 N–H and O–H groups in total. The van der Waals surface area contributed by atoms with Crippen molar-refractivity contribution in [2.45, 2.75) is 17.8 Å². The molecule has 1 aromatic carbocycles. The summed E-state index contributed by atoms with van der Waals surface area (Å²) in [5, 5.41) is 8.84. The third-order valence-corrected chi connectivity index (χ3v) is 3.01. The first-order valence-electron chi connectivity index (χ1n) is 4.65. The summed E-state index contributed by atoms with van der Waals surface area (Å²) in [6.07, 6.45) is -0.255. The molecule has 1 aromatic rings. The maximum absolute atomic E-state index is 13.3. The highest BCUT2D eigenvalue weighted by atomic mass is 19.3. The summed E-state index contributed by atoms with van der Waals surface area (Å²) in [7, 11) is 0. The van der Waals surface area contributed by atoms with E-state index in [1.54, 1.807) is 24.3 Å². The van der Waals surface area contributed by atoms with E-state index >= 15 is 0 Å². The normalized spacial score (nSPS) is 27.1. The van der Waals surface area contributed by atoms with Crippen molar-refractivity contribution in [2.24, 2.45) is 5.73 Å². The van der Waals surface area contributed by atoms with Gasteiger partial charge < -0.3 is 5.73 Å². The summed E-state index contributed by atoms with van der Waals surface area (Å²) in [4.78, 5) is 0. The van der Waals surface area contributed by atoms with Crippen molar-refractivity contribution in [1.82, 2.24) is 0 Å². The van der Waals surface area contributed by atoms with Gasteiger partial charge in [0.1, 0.15) is 0 Å². The van der Waals surface area contributed by atoms with Crippen molar-refractivity contribution in [3.05, 3.63) is 35.4 Å². The van der Waals surface area contributed by atoms with Crippen molar-refractivity contribution in [3.8, 4) is 6.07 Å². The Hall–Kier alpha value is -1.47. The number of hydrogen-bond donors (Lipinski definition) is 1. The fourth-order valence-corrected chi connectivity index (χ4v) is 1.96. The average Bonchev–Trinajstić information content (AvgIpc) is 2.82. The number of alkyl halides is 2. The maximum Gasteiger partial charge on any atom is 0.260 e. The largest absolute Gasteiger partial charge is 0.329 e. The van der Waals surface area contributed by atoms with Gasteiger partial charge in [0, 0.05) is 13.0 Å². The van der Waals surface area contributed by atoms with Crippen LogP contribution >= 0.6 is 0 Å². The summed E-state index contributed by atoms with van der Waals surface area (Å²) in [6, 6.07) is 8.34. The number of nitrogens with zero attached hydrogens (tertiary/aromatic N) is 1. The second kappa shape index (κ2) is 3.01. The van der Waals surface area contributed by atoms with E-state index in [0.717, 1.165) is 0 Å². The number of nitrogens with two attached hydrogens (primary N) is 1. The topological polar surface area (TPSA) is 49.8 Å². The third kappa shape index (κ3) is 1.24. The van der Waals surface area contributed by atoms with Crippen LogP contribution in [-0.4, -0.2) is 12.5 Å². The number of benzene rings is 1.